The third kappa shape index (κ3) is 5.13. The fourth-order valence-electron chi connectivity index (χ4n) is 4.40. The van der Waals surface area contributed by atoms with Gasteiger partial charge in [0.1, 0.15) is 0 Å². The number of unbranched alkanes of at least 4 members (excludes halogenated alkanes) is 8. The van der Waals surface area contributed by atoms with Crippen molar-refractivity contribution in [2.75, 3.05) is 0 Å². The van der Waals surface area contributed by atoms with E-state index in [-0.39, 0.29) is 0 Å². The van der Waals surface area contributed by atoms with Gasteiger partial charge < -0.3 is 0 Å². The lowest BCUT2D eigenvalue weighted by Crippen LogP contribution is -1.98. The monoisotopic (exact) mass is 380 g/mol. The summed E-state index contributed by atoms with van der Waals surface area (Å²) < 4.78 is 1.56. The summed E-state index contributed by atoms with van der Waals surface area (Å²) in [5, 5.41) is 6.76. The molecular formula is C26H36S. The average molecular weight is 381 g/mol. The van der Waals surface area contributed by atoms with Crippen LogP contribution in [0, 0.1) is 0 Å². The third-order valence-electron chi connectivity index (χ3n) is 5.91. The summed E-state index contributed by atoms with van der Waals surface area (Å²) >= 11 is 1.96. The molecule has 146 valence electrons. The quantitative estimate of drug-likeness (QED) is 0.275. The molecule has 1 heterocycles. The Labute approximate surface area is 170 Å². The maximum absolute atomic E-state index is 2.37. The van der Waals surface area contributed by atoms with Crippen LogP contribution in [-0.4, -0.2) is 0 Å². The zero-order valence-electron chi connectivity index (χ0n) is 17.4. The molecule has 0 N–H and O–H groups in total. The van der Waals surface area contributed by atoms with Gasteiger partial charge in [0.15, 0.2) is 0 Å². The standard InChI is InChI=1S/C26H36S/c1-3-5-7-9-11-15-22-21-16-13-14-17-23(21)25-19-20-27-26(25)24(22)18-12-10-8-6-4-2/h13-14,16-17,19-20H,3-12,15,18H2,1-2H3. The normalized spacial score (nSPS) is 11.6. The number of hydrogen-bond acceptors (Lipinski definition) is 1. The maximum Gasteiger partial charge on any atom is 0.0383 e. The van der Waals surface area contributed by atoms with Crippen molar-refractivity contribution in [3.05, 3.63) is 46.8 Å². The zero-order valence-corrected chi connectivity index (χ0v) is 18.2. The number of aryl methyl sites for hydroxylation is 2. The molecule has 1 heteroatoms. The number of benzene rings is 2. The molecule has 3 aromatic rings. The van der Waals surface area contributed by atoms with Crippen molar-refractivity contribution >= 4 is 32.2 Å². The molecule has 3 rings (SSSR count). The van der Waals surface area contributed by atoms with Crippen molar-refractivity contribution in [2.45, 2.75) is 90.9 Å². The van der Waals surface area contributed by atoms with E-state index in [1.165, 1.54) is 93.2 Å². The van der Waals surface area contributed by atoms with Crippen LogP contribution in [0.3, 0.4) is 0 Å². The van der Waals surface area contributed by atoms with Crippen LogP contribution in [0.25, 0.3) is 20.9 Å². The fourth-order valence-corrected chi connectivity index (χ4v) is 5.41. The molecule has 0 atom stereocenters. The summed E-state index contributed by atoms with van der Waals surface area (Å²) in [5.74, 6) is 0. The van der Waals surface area contributed by atoms with Gasteiger partial charge in [0.25, 0.3) is 0 Å². The lowest BCUT2D eigenvalue weighted by atomic mass is 9.90. The minimum absolute atomic E-state index is 1.25. The molecule has 27 heavy (non-hydrogen) atoms. The van der Waals surface area contributed by atoms with E-state index < -0.39 is 0 Å². The lowest BCUT2D eigenvalue weighted by molar-refractivity contribution is 0.623. The summed E-state index contributed by atoms with van der Waals surface area (Å²) in [7, 11) is 0. The second-order valence-electron chi connectivity index (χ2n) is 7.99. The first kappa shape index (κ1) is 20.4. The fraction of sp³-hybridized carbons (Fsp3) is 0.538. The predicted octanol–water partition coefficient (Wildman–Crippen LogP) is 9.08. The Kier molecular flexibility index (Phi) is 8.20. The van der Waals surface area contributed by atoms with Gasteiger partial charge in [0.2, 0.25) is 0 Å². The Bertz CT molecular complexity index is 827. The molecule has 0 radical (unpaired) electrons. The van der Waals surface area contributed by atoms with Gasteiger partial charge >= 0.3 is 0 Å². The van der Waals surface area contributed by atoms with Crippen molar-refractivity contribution in [1.82, 2.24) is 0 Å². The molecule has 0 saturated heterocycles. The van der Waals surface area contributed by atoms with Gasteiger partial charge in [-0.1, -0.05) is 89.5 Å². The molecule has 0 unspecified atom stereocenters. The number of rotatable bonds is 12. The van der Waals surface area contributed by atoms with Gasteiger partial charge in [-0.2, -0.15) is 0 Å². The van der Waals surface area contributed by atoms with Gasteiger partial charge in [-0.3, -0.25) is 0 Å². The van der Waals surface area contributed by atoms with E-state index in [4.69, 9.17) is 0 Å². The zero-order chi connectivity index (χ0) is 18.9. The first-order valence-electron chi connectivity index (χ1n) is 11.3. The molecule has 2 aromatic carbocycles. The lowest BCUT2D eigenvalue weighted by Gasteiger charge is -2.16. The Morgan fingerprint density at radius 3 is 1.85 bits per heavy atom. The van der Waals surface area contributed by atoms with Crippen LogP contribution in [-0.2, 0) is 12.8 Å². The minimum atomic E-state index is 1.25. The van der Waals surface area contributed by atoms with Crippen molar-refractivity contribution < 1.29 is 0 Å². The minimum Gasteiger partial charge on any atom is -0.143 e. The van der Waals surface area contributed by atoms with E-state index in [1.807, 2.05) is 11.3 Å². The van der Waals surface area contributed by atoms with E-state index in [0.29, 0.717) is 0 Å². The van der Waals surface area contributed by atoms with Crippen LogP contribution in [0.4, 0.5) is 0 Å². The van der Waals surface area contributed by atoms with E-state index in [9.17, 15) is 0 Å². The summed E-state index contributed by atoms with van der Waals surface area (Å²) in [5.41, 5.74) is 3.33. The first-order chi connectivity index (χ1) is 13.4. The first-order valence-corrected chi connectivity index (χ1v) is 12.1. The maximum atomic E-state index is 2.37. The van der Waals surface area contributed by atoms with Crippen LogP contribution in [0.1, 0.15) is 89.2 Å². The number of hydrogen-bond donors (Lipinski definition) is 0. The van der Waals surface area contributed by atoms with Crippen molar-refractivity contribution in [1.29, 1.82) is 0 Å². The van der Waals surface area contributed by atoms with Crippen LogP contribution in [0.15, 0.2) is 35.7 Å². The molecule has 0 aliphatic heterocycles. The Morgan fingerprint density at radius 1 is 0.593 bits per heavy atom. The van der Waals surface area contributed by atoms with E-state index >= 15 is 0 Å². The Balaban J connectivity index is 1.88. The van der Waals surface area contributed by atoms with Crippen LogP contribution >= 0.6 is 11.3 Å². The molecular weight excluding hydrogens is 344 g/mol. The molecule has 0 nitrogen and oxygen atoms in total. The second kappa shape index (κ2) is 10.9. The SMILES string of the molecule is CCCCCCCc1c(CCCCCCC)c2sccc2c2ccccc12. The number of fused-ring (bicyclic) bond motifs is 3. The van der Waals surface area contributed by atoms with Crippen LogP contribution in [0.2, 0.25) is 0 Å². The summed E-state index contributed by atoms with van der Waals surface area (Å²) in [6.07, 6.45) is 16.2. The Morgan fingerprint density at radius 2 is 1.19 bits per heavy atom. The van der Waals surface area contributed by atoms with Gasteiger partial charge in [-0.25, -0.2) is 0 Å². The van der Waals surface area contributed by atoms with Crippen LogP contribution < -0.4 is 0 Å². The van der Waals surface area contributed by atoms with Crippen molar-refractivity contribution in [3.63, 3.8) is 0 Å². The summed E-state index contributed by atoms with van der Waals surface area (Å²) in [6, 6.07) is 11.5. The molecule has 0 aliphatic rings. The van der Waals surface area contributed by atoms with Gasteiger partial charge in [-0.05, 0) is 59.0 Å². The molecule has 0 bridgehead atoms. The summed E-state index contributed by atoms with van der Waals surface area (Å²) in [6.45, 7) is 4.60. The van der Waals surface area contributed by atoms with E-state index in [0.717, 1.165) is 0 Å². The Hall–Kier alpha value is -1.34. The third-order valence-corrected chi connectivity index (χ3v) is 6.88. The van der Waals surface area contributed by atoms with Gasteiger partial charge in [0.05, 0.1) is 0 Å². The topological polar surface area (TPSA) is 0 Å². The molecule has 0 fully saturated rings. The highest BCUT2D eigenvalue weighted by Gasteiger charge is 2.14. The molecule has 1 aromatic heterocycles. The smallest absolute Gasteiger partial charge is 0.0383 e. The highest BCUT2D eigenvalue weighted by atomic mass is 32.1. The molecule has 0 aliphatic carbocycles. The highest BCUT2D eigenvalue weighted by molar-refractivity contribution is 7.17. The molecule has 0 spiro atoms. The highest BCUT2D eigenvalue weighted by Crippen LogP contribution is 2.37. The average Bonchev–Trinajstić information content (AvgIpc) is 3.18. The van der Waals surface area contributed by atoms with E-state index in [1.54, 1.807) is 15.8 Å². The largest absolute Gasteiger partial charge is 0.143 e. The van der Waals surface area contributed by atoms with Crippen molar-refractivity contribution in [3.8, 4) is 0 Å². The summed E-state index contributed by atoms with van der Waals surface area (Å²) in [4.78, 5) is 0. The van der Waals surface area contributed by atoms with Crippen LogP contribution in [0.5, 0.6) is 0 Å². The second-order valence-corrected chi connectivity index (χ2v) is 8.91. The van der Waals surface area contributed by atoms with Gasteiger partial charge in [0, 0.05) is 10.1 Å². The number of thiophene rings is 1. The van der Waals surface area contributed by atoms with E-state index in [2.05, 4.69) is 49.6 Å². The predicted molar refractivity (Wildman–Crippen MR) is 124 cm³/mol. The van der Waals surface area contributed by atoms with Crippen molar-refractivity contribution in [2.24, 2.45) is 0 Å². The molecule has 0 saturated carbocycles. The molecule has 0 amide bonds. The van der Waals surface area contributed by atoms with Gasteiger partial charge in [-0.15, -0.1) is 11.3 Å².